The summed E-state index contributed by atoms with van der Waals surface area (Å²) < 4.78 is 5.76. The number of piperidine rings is 1. The van der Waals surface area contributed by atoms with E-state index in [1.807, 2.05) is 49.2 Å². The van der Waals surface area contributed by atoms with Crippen molar-refractivity contribution in [1.29, 1.82) is 0 Å². The number of hydrogen-bond donors (Lipinski definition) is 1. The molecule has 0 radical (unpaired) electrons. The molecule has 36 heavy (non-hydrogen) atoms. The summed E-state index contributed by atoms with van der Waals surface area (Å²) in [6.07, 6.45) is 1.11. The van der Waals surface area contributed by atoms with Gasteiger partial charge < -0.3 is 19.9 Å². The van der Waals surface area contributed by atoms with E-state index in [2.05, 4.69) is 34.3 Å². The van der Waals surface area contributed by atoms with E-state index in [1.54, 1.807) is 11.3 Å². The van der Waals surface area contributed by atoms with Crippen LogP contribution in [-0.2, 0) is 0 Å². The molecule has 6 rings (SSSR count). The molecular weight excluding hydrogens is 472 g/mol. The van der Waals surface area contributed by atoms with Crippen molar-refractivity contribution in [3.05, 3.63) is 64.3 Å². The van der Waals surface area contributed by atoms with Gasteiger partial charge >= 0.3 is 0 Å². The number of thiazole rings is 1. The van der Waals surface area contributed by atoms with E-state index in [4.69, 9.17) is 4.74 Å². The number of hydrogen-bond acceptors (Lipinski definition) is 6. The Labute approximate surface area is 215 Å². The van der Waals surface area contributed by atoms with Crippen molar-refractivity contribution in [3.8, 4) is 16.2 Å². The molecule has 186 valence electrons. The maximum Gasteiger partial charge on any atom is 0.274 e. The quantitative estimate of drug-likeness (QED) is 0.568. The van der Waals surface area contributed by atoms with Crippen molar-refractivity contribution in [2.24, 2.45) is 11.8 Å². The number of benzene rings is 2. The SMILES string of the molecule is Cc1cccc(-c2sc(C)nc2C(=O)N2C[C@@H]3C[C@@H]3[C@H]2CNC(=O)c2cccc3c2N(C)CCO3)c1. The third-order valence-corrected chi connectivity index (χ3v) is 8.58. The van der Waals surface area contributed by atoms with Crippen molar-refractivity contribution >= 4 is 28.8 Å². The minimum absolute atomic E-state index is 0.0210. The summed E-state index contributed by atoms with van der Waals surface area (Å²) in [6.45, 7) is 6.51. The van der Waals surface area contributed by atoms with E-state index in [-0.39, 0.29) is 17.9 Å². The molecule has 1 aliphatic carbocycles. The molecule has 2 aromatic carbocycles. The highest BCUT2D eigenvalue weighted by Gasteiger charge is 2.54. The zero-order chi connectivity index (χ0) is 25.0. The predicted octanol–water partition coefficient (Wildman–Crippen LogP) is 4.15. The zero-order valence-electron chi connectivity index (χ0n) is 20.8. The molecule has 2 fully saturated rings. The average molecular weight is 503 g/mol. The Morgan fingerprint density at radius 3 is 2.86 bits per heavy atom. The summed E-state index contributed by atoms with van der Waals surface area (Å²) in [4.78, 5) is 36.6. The van der Waals surface area contributed by atoms with Crippen LogP contribution in [0.3, 0.4) is 0 Å². The summed E-state index contributed by atoms with van der Waals surface area (Å²) >= 11 is 1.56. The number of amides is 2. The highest BCUT2D eigenvalue weighted by molar-refractivity contribution is 7.15. The third kappa shape index (κ3) is 4.03. The van der Waals surface area contributed by atoms with E-state index in [0.717, 1.165) is 52.0 Å². The Kier molecular flexibility index (Phi) is 5.71. The monoisotopic (exact) mass is 502 g/mol. The lowest BCUT2D eigenvalue weighted by Gasteiger charge is -2.30. The number of para-hydroxylation sites is 1. The van der Waals surface area contributed by atoms with Crippen molar-refractivity contribution < 1.29 is 14.3 Å². The smallest absolute Gasteiger partial charge is 0.274 e. The molecule has 8 heteroatoms. The standard InChI is InChI=1S/C28H30N4O3S/c1-16-6-4-7-18(12-16)26-24(30-17(2)36-26)28(34)32-15-19-13-21(19)22(32)14-29-27(33)20-8-5-9-23-25(20)31(3)10-11-35-23/h4-9,12,19,21-22H,10-11,13-15H2,1-3H3,(H,29,33)/t19-,21-,22+/m0/s1. The molecule has 3 aliphatic rings. The van der Waals surface area contributed by atoms with Gasteiger partial charge in [-0.1, -0.05) is 35.9 Å². The van der Waals surface area contributed by atoms with Gasteiger partial charge in [0, 0.05) is 20.1 Å². The van der Waals surface area contributed by atoms with Gasteiger partial charge in [-0.05, 0) is 49.8 Å². The molecule has 1 N–H and O–H groups in total. The van der Waals surface area contributed by atoms with Gasteiger partial charge in [0.25, 0.3) is 11.8 Å². The zero-order valence-corrected chi connectivity index (χ0v) is 21.6. The minimum atomic E-state index is -0.134. The first-order chi connectivity index (χ1) is 17.4. The van der Waals surface area contributed by atoms with Crippen LogP contribution in [0.25, 0.3) is 10.4 Å². The van der Waals surface area contributed by atoms with Crippen molar-refractivity contribution in [3.63, 3.8) is 0 Å². The summed E-state index contributed by atoms with van der Waals surface area (Å²) in [5.74, 6) is 1.52. The Bertz CT molecular complexity index is 1350. The van der Waals surface area contributed by atoms with Crippen LogP contribution in [0.5, 0.6) is 5.75 Å². The molecular formula is C28H30N4O3S. The average Bonchev–Trinajstić information content (AvgIpc) is 3.38. The van der Waals surface area contributed by atoms with Crippen molar-refractivity contribution in [2.45, 2.75) is 26.3 Å². The Morgan fingerprint density at radius 1 is 1.19 bits per heavy atom. The number of aryl methyl sites for hydroxylation is 2. The molecule has 7 nitrogen and oxygen atoms in total. The Morgan fingerprint density at radius 2 is 2.03 bits per heavy atom. The van der Waals surface area contributed by atoms with Gasteiger partial charge in [-0.2, -0.15) is 0 Å². The second-order valence-electron chi connectivity index (χ2n) is 10.1. The lowest BCUT2D eigenvalue weighted by atomic mass is 10.1. The number of aromatic nitrogens is 1. The first kappa shape index (κ1) is 23.0. The minimum Gasteiger partial charge on any atom is -0.490 e. The number of carbonyl (C=O) groups excluding carboxylic acids is 2. The highest BCUT2D eigenvalue weighted by Crippen LogP contribution is 2.50. The lowest BCUT2D eigenvalue weighted by molar-refractivity contribution is 0.0690. The molecule has 3 heterocycles. The topological polar surface area (TPSA) is 74.8 Å². The summed E-state index contributed by atoms with van der Waals surface area (Å²) in [6, 6.07) is 13.8. The van der Waals surface area contributed by atoms with Crippen LogP contribution in [0, 0.1) is 25.7 Å². The van der Waals surface area contributed by atoms with Crippen LogP contribution < -0.4 is 15.0 Å². The molecule has 1 saturated heterocycles. The fourth-order valence-corrected chi connectivity index (χ4v) is 6.58. The molecule has 2 aliphatic heterocycles. The van der Waals surface area contributed by atoms with Crippen LogP contribution >= 0.6 is 11.3 Å². The van der Waals surface area contributed by atoms with Gasteiger partial charge in [-0.15, -0.1) is 11.3 Å². The van der Waals surface area contributed by atoms with Gasteiger partial charge in [0.1, 0.15) is 18.1 Å². The van der Waals surface area contributed by atoms with E-state index >= 15 is 0 Å². The number of nitrogens with one attached hydrogen (secondary N) is 1. The molecule has 3 atom stereocenters. The number of nitrogens with zero attached hydrogens (tertiary/aromatic N) is 3. The number of carbonyl (C=O) groups is 2. The summed E-state index contributed by atoms with van der Waals surface area (Å²) in [5.41, 5.74) is 4.13. The van der Waals surface area contributed by atoms with Crippen molar-refractivity contribution in [2.75, 3.05) is 38.2 Å². The molecule has 1 saturated carbocycles. The molecule has 2 amide bonds. The maximum atomic E-state index is 13.8. The highest BCUT2D eigenvalue weighted by atomic mass is 32.1. The van der Waals surface area contributed by atoms with E-state index in [0.29, 0.717) is 36.2 Å². The lowest BCUT2D eigenvalue weighted by Crippen LogP contribution is -2.46. The van der Waals surface area contributed by atoms with Crippen LogP contribution in [-0.4, -0.2) is 61.0 Å². The van der Waals surface area contributed by atoms with Crippen molar-refractivity contribution in [1.82, 2.24) is 15.2 Å². The second-order valence-corrected chi connectivity index (χ2v) is 11.3. The number of fused-ring (bicyclic) bond motifs is 2. The molecule has 0 bridgehead atoms. The van der Waals surface area contributed by atoms with Gasteiger partial charge in [-0.25, -0.2) is 4.98 Å². The van der Waals surface area contributed by atoms with Gasteiger partial charge in [-0.3, -0.25) is 9.59 Å². The van der Waals surface area contributed by atoms with Crippen LogP contribution in [0.15, 0.2) is 42.5 Å². The van der Waals surface area contributed by atoms with E-state index < -0.39 is 0 Å². The van der Waals surface area contributed by atoms with Crippen LogP contribution in [0.4, 0.5) is 5.69 Å². The number of likely N-dealkylation sites (tertiary alicyclic amines) is 1. The van der Waals surface area contributed by atoms with Gasteiger partial charge in [0.2, 0.25) is 0 Å². The Balaban J connectivity index is 1.22. The largest absolute Gasteiger partial charge is 0.490 e. The number of ether oxygens (including phenoxy) is 1. The normalized spacial score (nSPS) is 22.0. The first-order valence-corrected chi connectivity index (χ1v) is 13.3. The third-order valence-electron chi connectivity index (χ3n) is 7.56. The molecule has 0 unspecified atom stereocenters. The fourth-order valence-electron chi connectivity index (χ4n) is 5.67. The predicted molar refractivity (Wildman–Crippen MR) is 141 cm³/mol. The number of likely N-dealkylation sites (N-methyl/N-ethyl adjacent to an activating group) is 1. The summed E-state index contributed by atoms with van der Waals surface area (Å²) in [5, 5.41) is 4.01. The fraction of sp³-hybridized carbons (Fsp3) is 0.393. The van der Waals surface area contributed by atoms with E-state index in [1.165, 1.54) is 0 Å². The van der Waals surface area contributed by atoms with Gasteiger partial charge in [0.05, 0.1) is 33.7 Å². The second kappa shape index (κ2) is 8.92. The number of rotatable bonds is 5. The Hall–Kier alpha value is -3.39. The first-order valence-electron chi connectivity index (χ1n) is 12.5. The number of anilines is 1. The van der Waals surface area contributed by atoms with E-state index in [9.17, 15) is 9.59 Å². The summed E-state index contributed by atoms with van der Waals surface area (Å²) in [7, 11) is 1.98. The van der Waals surface area contributed by atoms with Gasteiger partial charge in [0.15, 0.2) is 0 Å². The molecule has 1 aromatic heterocycles. The van der Waals surface area contributed by atoms with Crippen LogP contribution in [0.2, 0.25) is 0 Å². The maximum absolute atomic E-state index is 13.8. The molecule has 0 spiro atoms. The van der Waals surface area contributed by atoms with Crippen LogP contribution in [0.1, 0.15) is 37.8 Å². The molecule has 3 aromatic rings.